The van der Waals surface area contributed by atoms with Gasteiger partial charge < -0.3 is 10.7 Å². The zero-order valence-electron chi connectivity index (χ0n) is 9.46. The zero-order valence-corrected chi connectivity index (χ0v) is 11.9. The highest BCUT2D eigenvalue weighted by molar-refractivity contribution is 9.10. The Morgan fingerprint density at radius 1 is 1.47 bits per heavy atom. The summed E-state index contributed by atoms with van der Waals surface area (Å²) < 4.78 is 0.968. The van der Waals surface area contributed by atoms with Crippen molar-refractivity contribution in [1.82, 2.24) is 9.97 Å². The number of hydrogen-bond acceptors (Lipinski definition) is 8. The van der Waals surface area contributed by atoms with E-state index in [4.69, 9.17) is 5.84 Å². The number of nitrogens with two attached hydrogens (primary N) is 1. The first-order valence-electron chi connectivity index (χ1n) is 5.04. The quantitative estimate of drug-likeness (QED) is 0.431. The van der Waals surface area contributed by atoms with Crippen LogP contribution in [0.1, 0.15) is 4.88 Å². The summed E-state index contributed by atoms with van der Waals surface area (Å²) in [7, 11) is 0. The van der Waals surface area contributed by atoms with Crippen LogP contribution in [0.25, 0.3) is 0 Å². The zero-order chi connectivity index (χ0) is 13.8. The molecule has 4 N–H and O–H groups in total. The Balaban J connectivity index is 2.22. The molecule has 0 unspecified atom stereocenters. The van der Waals surface area contributed by atoms with Gasteiger partial charge in [0.05, 0.1) is 11.5 Å². The molecule has 0 aliphatic heterocycles. The Morgan fingerprint density at radius 2 is 2.21 bits per heavy atom. The lowest BCUT2D eigenvalue weighted by atomic mass is 10.4. The molecule has 0 aliphatic carbocycles. The number of aromatic nitrogens is 2. The van der Waals surface area contributed by atoms with E-state index in [1.165, 1.54) is 17.7 Å². The number of nitro groups is 1. The van der Waals surface area contributed by atoms with Crippen molar-refractivity contribution in [3.8, 4) is 0 Å². The minimum absolute atomic E-state index is 0.0325. The molecular weight excluding hydrogens is 336 g/mol. The summed E-state index contributed by atoms with van der Waals surface area (Å²) in [6, 6.07) is 1.92. The molecule has 2 heterocycles. The second-order valence-corrected chi connectivity index (χ2v) is 5.32. The smallest absolute Gasteiger partial charge is 0.354 e. The largest absolute Gasteiger partial charge is 0.359 e. The fourth-order valence-electron chi connectivity index (χ4n) is 1.40. The average Bonchev–Trinajstić information content (AvgIpc) is 2.81. The molecule has 19 heavy (non-hydrogen) atoms. The monoisotopic (exact) mass is 344 g/mol. The van der Waals surface area contributed by atoms with Crippen LogP contribution in [-0.2, 0) is 6.54 Å². The third-order valence-electron chi connectivity index (χ3n) is 2.19. The maximum atomic E-state index is 11.0. The topological polar surface area (TPSA) is 119 Å². The molecular formula is C9H9BrN6O2S. The molecule has 0 aromatic carbocycles. The Kier molecular flexibility index (Phi) is 4.24. The number of hydrazine groups is 1. The molecule has 0 amide bonds. The van der Waals surface area contributed by atoms with Gasteiger partial charge in [-0.15, -0.1) is 11.3 Å². The van der Waals surface area contributed by atoms with Crippen molar-refractivity contribution in [3.05, 3.63) is 37.2 Å². The highest BCUT2D eigenvalue weighted by Crippen LogP contribution is 2.29. The van der Waals surface area contributed by atoms with Gasteiger partial charge in [0.2, 0.25) is 11.6 Å². The van der Waals surface area contributed by atoms with Crippen molar-refractivity contribution in [1.29, 1.82) is 0 Å². The van der Waals surface area contributed by atoms with E-state index in [1.807, 2.05) is 11.4 Å². The molecule has 10 heteroatoms. The van der Waals surface area contributed by atoms with Crippen LogP contribution < -0.4 is 16.6 Å². The molecule has 2 aromatic heterocycles. The maximum Gasteiger partial charge on any atom is 0.354 e. The summed E-state index contributed by atoms with van der Waals surface area (Å²) in [4.78, 5) is 19.0. The van der Waals surface area contributed by atoms with E-state index < -0.39 is 4.92 Å². The van der Waals surface area contributed by atoms with E-state index in [0.29, 0.717) is 6.54 Å². The van der Waals surface area contributed by atoms with E-state index in [1.54, 1.807) is 0 Å². The molecule has 0 radical (unpaired) electrons. The first-order chi connectivity index (χ1) is 9.11. The molecule has 100 valence electrons. The van der Waals surface area contributed by atoms with Crippen LogP contribution in [0.4, 0.5) is 17.3 Å². The van der Waals surface area contributed by atoms with Crippen LogP contribution in [0.2, 0.25) is 0 Å². The second-order valence-electron chi connectivity index (χ2n) is 3.41. The summed E-state index contributed by atoms with van der Waals surface area (Å²) >= 11 is 4.87. The van der Waals surface area contributed by atoms with Crippen LogP contribution in [0, 0.1) is 10.1 Å². The molecule has 2 rings (SSSR count). The summed E-state index contributed by atoms with van der Waals surface area (Å²) in [6.45, 7) is 0.429. The number of thiophene rings is 1. The van der Waals surface area contributed by atoms with Crippen molar-refractivity contribution in [2.75, 3.05) is 10.7 Å². The first-order valence-corrected chi connectivity index (χ1v) is 6.72. The Morgan fingerprint density at radius 3 is 2.79 bits per heavy atom. The van der Waals surface area contributed by atoms with Crippen LogP contribution in [-0.4, -0.2) is 14.9 Å². The van der Waals surface area contributed by atoms with Crippen LogP contribution in [0.15, 0.2) is 22.2 Å². The highest BCUT2D eigenvalue weighted by Gasteiger charge is 2.22. The molecule has 2 aromatic rings. The number of rotatable bonds is 5. The Bertz CT molecular complexity index is 604. The third-order valence-corrected chi connectivity index (χ3v) is 3.89. The molecule has 0 atom stereocenters. The molecule has 0 spiro atoms. The third kappa shape index (κ3) is 3.16. The predicted octanol–water partition coefficient (Wildman–Crippen LogP) is 2.11. The maximum absolute atomic E-state index is 11.0. The van der Waals surface area contributed by atoms with Crippen molar-refractivity contribution in [2.45, 2.75) is 6.54 Å². The van der Waals surface area contributed by atoms with Crippen LogP contribution >= 0.6 is 27.3 Å². The summed E-state index contributed by atoms with van der Waals surface area (Å²) in [6.07, 6.45) is 1.20. The van der Waals surface area contributed by atoms with Gasteiger partial charge >= 0.3 is 5.69 Å². The van der Waals surface area contributed by atoms with Crippen molar-refractivity contribution < 1.29 is 4.92 Å². The number of anilines is 2. The fourth-order valence-corrected chi connectivity index (χ4v) is 2.79. The number of halogens is 1. The van der Waals surface area contributed by atoms with Gasteiger partial charge in [0.15, 0.2) is 0 Å². The van der Waals surface area contributed by atoms with Gasteiger partial charge in [-0.25, -0.2) is 15.8 Å². The first kappa shape index (κ1) is 13.6. The fraction of sp³-hybridized carbons (Fsp3) is 0.111. The van der Waals surface area contributed by atoms with Gasteiger partial charge in [-0.2, -0.15) is 0 Å². The molecule has 8 nitrogen and oxygen atoms in total. The number of nitrogens with zero attached hydrogens (tertiary/aromatic N) is 3. The van der Waals surface area contributed by atoms with E-state index in [-0.39, 0.29) is 17.3 Å². The van der Waals surface area contributed by atoms with Crippen molar-refractivity contribution >= 4 is 44.6 Å². The lowest BCUT2D eigenvalue weighted by Gasteiger charge is -2.06. The van der Waals surface area contributed by atoms with E-state index in [0.717, 1.165) is 9.35 Å². The van der Waals surface area contributed by atoms with Gasteiger partial charge in [0.1, 0.15) is 6.33 Å². The van der Waals surface area contributed by atoms with Gasteiger partial charge in [-0.05, 0) is 22.0 Å². The van der Waals surface area contributed by atoms with E-state index in [9.17, 15) is 10.1 Å². The minimum Gasteiger partial charge on any atom is -0.359 e. The SMILES string of the molecule is NNc1ncnc(NCc2cc(Br)cs2)c1[N+](=O)[O-]. The van der Waals surface area contributed by atoms with Crippen molar-refractivity contribution in [3.63, 3.8) is 0 Å². The summed E-state index contributed by atoms with van der Waals surface area (Å²) in [5, 5.41) is 15.8. The molecule has 0 saturated carbocycles. The normalized spacial score (nSPS) is 10.2. The predicted molar refractivity (Wildman–Crippen MR) is 75.8 cm³/mol. The Hall–Kier alpha value is -1.78. The van der Waals surface area contributed by atoms with Gasteiger partial charge in [0.25, 0.3) is 0 Å². The minimum atomic E-state index is -0.581. The summed E-state index contributed by atoms with van der Waals surface area (Å²) in [5.41, 5.74) is 1.90. The van der Waals surface area contributed by atoms with Crippen LogP contribution in [0.5, 0.6) is 0 Å². The molecule has 0 fully saturated rings. The van der Waals surface area contributed by atoms with Gasteiger partial charge in [0, 0.05) is 14.7 Å². The van der Waals surface area contributed by atoms with Gasteiger partial charge in [-0.1, -0.05) is 0 Å². The molecule has 0 saturated heterocycles. The second kappa shape index (κ2) is 5.91. The molecule has 0 aliphatic rings. The number of hydrogen-bond donors (Lipinski definition) is 3. The summed E-state index contributed by atoms with van der Waals surface area (Å²) in [5.74, 6) is 5.28. The lowest BCUT2D eigenvalue weighted by Crippen LogP contribution is -2.13. The Labute approximate surface area is 120 Å². The lowest BCUT2D eigenvalue weighted by molar-refractivity contribution is -0.383. The van der Waals surface area contributed by atoms with E-state index >= 15 is 0 Å². The molecule has 0 bridgehead atoms. The van der Waals surface area contributed by atoms with Crippen LogP contribution in [0.3, 0.4) is 0 Å². The highest BCUT2D eigenvalue weighted by atomic mass is 79.9. The number of nitrogen functional groups attached to an aromatic ring is 1. The van der Waals surface area contributed by atoms with E-state index in [2.05, 4.69) is 36.6 Å². The standard InChI is InChI=1S/C9H9BrN6O2S/c10-5-1-6(19-3-5)2-12-8-7(16(17)18)9(15-11)14-4-13-8/h1,3-4H,2,11H2,(H2,12,13,14,15). The average molecular weight is 345 g/mol. The van der Waals surface area contributed by atoms with Crippen molar-refractivity contribution in [2.24, 2.45) is 5.84 Å². The number of nitrogens with one attached hydrogen (secondary N) is 2. The van der Waals surface area contributed by atoms with Gasteiger partial charge in [-0.3, -0.25) is 10.1 Å².